The Kier molecular flexibility index (Phi) is 4.07. The first-order valence-corrected chi connectivity index (χ1v) is 8.32. The van der Waals surface area contributed by atoms with Crippen molar-refractivity contribution >= 4 is 5.69 Å². The Bertz CT molecular complexity index is 1090. The molecule has 4 heteroatoms. The second-order valence-electron chi connectivity index (χ2n) is 5.99. The van der Waals surface area contributed by atoms with Crippen LogP contribution in [0, 0.1) is 0 Å². The van der Waals surface area contributed by atoms with Crippen LogP contribution in [0.5, 0.6) is 0 Å². The first-order valence-electron chi connectivity index (χ1n) is 8.32. The van der Waals surface area contributed by atoms with Gasteiger partial charge in [-0.25, -0.2) is 0 Å². The number of hydrogen-bond donors (Lipinski definition) is 1. The van der Waals surface area contributed by atoms with E-state index in [1.54, 1.807) is 22.9 Å². The molecule has 0 radical (unpaired) electrons. The maximum atomic E-state index is 13.1. The average molecular weight is 339 g/mol. The van der Waals surface area contributed by atoms with Gasteiger partial charge in [0.2, 0.25) is 0 Å². The van der Waals surface area contributed by atoms with Crippen molar-refractivity contribution in [3.8, 4) is 28.1 Å². The van der Waals surface area contributed by atoms with E-state index in [9.17, 15) is 4.79 Å². The highest BCUT2D eigenvalue weighted by Gasteiger charge is 2.12. The average Bonchev–Trinajstić information content (AvgIpc) is 2.70. The Balaban J connectivity index is 1.99. The number of nitrogen functional groups attached to an aromatic ring is 1. The van der Waals surface area contributed by atoms with Gasteiger partial charge < -0.3 is 5.73 Å². The number of aromatic nitrogens is 2. The van der Waals surface area contributed by atoms with Gasteiger partial charge in [0.25, 0.3) is 5.56 Å². The Labute approximate surface area is 151 Å². The summed E-state index contributed by atoms with van der Waals surface area (Å²) in [6.45, 7) is 0. The molecular weight excluding hydrogens is 322 g/mol. The molecular formula is C22H17N3O. The number of hydrogen-bond acceptors (Lipinski definition) is 3. The molecule has 0 amide bonds. The molecule has 0 aliphatic carbocycles. The number of para-hydroxylation sites is 1. The minimum Gasteiger partial charge on any atom is -0.399 e. The van der Waals surface area contributed by atoms with Gasteiger partial charge in [0.1, 0.15) is 0 Å². The Morgan fingerprint density at radius 2 is 1.54 bits per heavy atom. The largest absolute Gasteiger partial charge is 0.399 e. The summed E-state index contributed by atoms with van der Waals surface area (Å²) >= 11 is 0. The van der Waals surface area contributed by atoms with Crippen molar-refractivity contribution in [2.75, 3.05) is 5.73 Å². The van der Waals surface area contributed by atoms with Crippen LogP contribution in [0.15, 0.2) is 96.1 Å². The van der Waals surface area contributed by atoms with Gasteiger partial charge in [0, 0.05) is 34.9 Å². The normalized spacial score (nSPS) is 10.6. The predicted octanol–water partition coefficient (Wildman–Crippen LogP) is 4.15. The van der Waals surface area contributed by atoms with Gasteiger partial charge in [-0.1, -0.05) is 36.4 Å². The molecule has 2 heterocycles. The summed E-state index contributed by atoms with van der Waals surface area (Å²) in [6, 6.07) is 24.5. The van der Waals surface area contributed by atoms with Gasteiger partial charge in [-0.15, -0.1) is 0 Å². The molecule has 0 saturated carbocycles. The van der Waals surface area contributed by atoms with Crippen LogP contribution in [0.4, 0.5) is 5.69 Å². The molecule has 0 bridgehead atoms. The molecule has 0 fully saturated rings. The summed E-state index contributed by atoms with van der Waals surface area (Å²) in [4.78, 5) is 17.6. The lowest BCUT2D eigenvalue weighted by Gasteiger charge is -2.12. The van der Waals surface area contributed by atoms with Crippen molar-refractivity contribution in [3.63, 3.8) is 0 Å². The fourth-order valence-electron chi connectivity index (χ4n) is 2.91. The standard InChI is InChI=1S/C22H17N3O/c23-18-11-9-16(10-12-18)20-14-17(21-8-4-5-13-24-21)15-25(22(20)26)19-6-2-1-3-7-19/h1-15H,23H2. The van der Waals surface area contributed by atoms with E-state index in [1.165, 1.54) is 0 Å². The van der Waals surface area contributed by atoms with E-state index in [4.69, 9.17) is 5.73 Å². The molecule has 26 heavy (non-hydrogen) atoms. The molecule has 2 N–H and O–H groups in total. The fraction of sp³-hybridized carbons (Fsp3) is 0. The number of pyridine rings is 2. The molecule has 4 nitrogen and oxygen atoms in total. The molecule has 0 aliphatic rings. The van der Waals surface area contributed by atoms with Gasteiger partial charge in [-0.3, -0.25) is 14.3 Å². The second-order valence-corrected chi connectivity index (χ2v) is 5.99. The summed E-state index contributed by atoms with van der Waals surface area (Å²) < 4.78 is 1.66. The molecule has 2 aromatic carbocycles. The zero-order valence-corrected chi connectivity index (χ0v) is 14.0. The quantitative estimate of drug-likeness (QED) is 0.570. The van der Waals surface area contributed by atoms with Crippen molar-refractivity contribution in [3.05, 3.63) is 102 Å². The van der Waals surface area contributed by atoms with Gasteiger partial charge in [0.15, 0.2) is 0 Å². The third kappa shape index (κ3) is 3.00. The molecule has 0 saturated heterocycles. The molecule has 126 valence electrons. The van der Waals surface area contributed by atoms with Crippen LogP contribution >= 0.6 is 0 Å². The molecule has 0 atom stereocenters. The highest BCUT2D eigenvalue weighted by atomic mass is 16.1. The minimum atomic E-state index is -0.0827. The molecule has 4 aromatic rings. The van der Waals surface area contributed by atoms with Crippen molar-refractivity contribution in [2.24, 2.45) is 0 Å². The van der Waals surface area contributed by atoms with Gasteiger partial charge in [0.05, 0.1) is 5.69 Å². The summed E-state index contributed by atoms with van der Waals surface area (Å²) in [7, 11) is 0. The highest BCUT2D eigenvalue weighted by Crippen LogP contribution is 2.24. The van der Waals surface area contributed by atoms with Gasteiger partial charge in [-0.2, -0.15) is 0 Å². The Morgan fingerprint density at radius 3 is 2.23 bits per heavy atom. The lowest BCUT2D eigenvalue weighted by molar-refractivity contribution is 0.993. The van der Waals surface area contributed by atoms with Crippen LogP contribution in [0.2, 0.25) is 0 Å². The monoisotopic (exact) mass is 339 g/mol. The van der Waals surface area contributed by atoms with E-state index in [2.05, 4.69) is 4.98 Å². The van der Waals surface area contributed by atoms with Crippen LogP contribution in [0.3, 0.4) is 0 Å². The third-order valence-corrected chi connectivity index (χ3v) is 4.23. The molecule has 0 unspecified atom stereocenters. The van der Waals surface area contributed by atoms with Crippen molar-refractivity contribution in [1.82, 2.24) is 9.55 Å². The zero-order valence-electron chi connectivity index (χ0n) is 14.0. The second kappa shape index (κ2) is 6.69. The van der Waals surface area contributed by atoms with Crippen molar-refractivity contribution in [2.45, 2.75) is 0 Å². The first kappa shape index (κ1) is 15.8. The fourth-order valence-corrected chi connectivity index (χ4v) is 2.91. The van der Waals surface area contributed by atoms with E-state index >= 15 is 0 Å². The number of anilines is 1. The van der Waals surface area contributed by atoms with Crippen LogP contribution in [0.1, 0.15) is 0 Å². The molecule has 2 aromatic heterocycles. The topological polar surface area (TPSA) is 60.9 Å². The van der Waals surface area contributed by atoms with Crippen LogP contribution in [-0.2, 0) is 0 Å². The van der Waals surface area contributed by atoms with E-state index < -0.39 is 0 Å². The first-order chi connectivity index (χ1) is 12.7. The lowest BCUT2D eigenvalue weighted by atomic mass is 10.0. The van der Waals surface area contributed by atoms with Crippen LogP contribution in [-0.4, -0.2) is 9.55 Å². The number of nitrogens with zero attached hydrogens (tertiary/aromatic N) is 2. The highest BCUT2D eigenvalue weighted by molar-refractivity contribution is 5.71. The maximum absolute atomic E-state index is 13.1. The summed E-state index contributed by atoms with van der Waals surface area (Å²) in [5.74, 6) is 0. The maximum Gasteiger partial charge on any atom is 0.262 e. The predicted molar refractivity (Wildman–Crippen MR) is 105 cm³/mol. The van der Waals surface area contributed by atoms with Crippen LogP contribution < -0.4 is 11.3 Å². The molecule has 4 rings (SSSR count). The van der Waals surface area contributed by atoms with E-state index in [0.717, 1.165) is 22.5 Å². The van der Waals surface area contributed by atoms with Gasteiger partial charge in [-0.05, 0) is 48.0 Å². The smallest absolute Gasteiger partial charge is 0.262 e. The summed E-state index contributed by atoms with van der Waals surface area (Å²) in [5, 5.41) is 0. The Hall–Kier alpha value is -3.66. The minimum absolute atomic E-state index is 0.0827. The van der Waals surface area contributed by atoms with Crippen LogP contribution in [0.25, 0.3) is 28.1 Å². The number of rotatable bonds is 3. The SMILES string of the molecule is Nc1ccc(-c2cc(-c3ccccn3)cn(-c3ccccc3)c2=O)cc1. The number of benzene rings is 2. The van der Waals surface area contributed by atoms with Crippen molar-refractivity contribution < 1.29 is 0 Å². The molecule has 0 spiro atoms. The van der Waals surface area contributed by atoms with Crippen molar-refractivity contribution in [1.29, 1.82) is 0 Å². The molecule has 0 aliphatic heterocycles. The van der Waals surface area contributed by atoms with E-state index in [0.29, 0.717) is 11.3 Å². The summed E-state index contributed by atoms with van der Waals surface area (Å²) in [5.41, 5.74) is 10.3. The third-order valence-electron chi connectivity index (χ3n) is 4.23. The number of nitrogens with two attached hydrogens (primary N) is 1. The lowest BCUT2D eigenvalue weighted by Crippen LogP contribution is -2.20. The Morgan fingerprint density at radius 1 is 0.808 bits per heavy atom. The van der Waals surface area contributed by atoms with Gasteiger partial charge >= 0.3 is 0 Å². The zero-order chi connectivity index (χ0) is 17.9. The van der Waals surface area contributed by atoms with E-state index in [1.807, 2.05) is 72.9 Å². The summed E-state index contributed by atoms with van der Waals surface area (Å²) in [6.07, 6.45) is 3.58. The van der Waals surface area contributed by atoms with E-state index in [-0.39, 0.29) is 5.56 Å².